The molecule has 4 unspecified atom stereocenters. The Kier molecular flexibility index (Phi) is 3.28. The Labute approximate surface area is 176 Å². The summed E-state index contributed by atoms with van der Waals surface area (Å²) in [5.74, 6) is 1.17. The van der Waals surface area contributed by atoms with Crippen molar-refractivity contribution >= 4 is 33.4 Å². The molecule has 0 N–H and O–H groups in total. The molecule has 2 bridgehead atoms. The highest BCUT2D eigenvalue weighted by Crippen LogP contribution is 2.70. The molecule has 29 heavy (non-hydrogen) atoms. The maximum atomic E-state index is 13.8. The number of hydrogen-bond acceptors (Lipinski definition) is 7. The van der Waals surface area contributed by atoms with Gasteiger partial charge in [0.1, 0.15) is 0 Å². The van der Waals surface area contributed by atoms with Crippen LogP contribution in [0.4, 0.5) is 0 Å². The third-order valence-electron chi connectivity index (χ3n) is 6.71. The molecule has 5 heterocycles. The van der Waals surface area contributed by atoms with E-state index < -0.39 is 21.2 Å². The summed E-state index contributed by atoms with van der Waals surface area (Å²) < 4.78 is 10.9. The Hall–Kier alpha value is -2.05. The summed E-state index contributed by atoms with van der Waals surface area (Å²) in [5.41, 5.74) is -0.0896. The summed E-state index contributed by atoms with van der Waals surface area (Å²) in [5, 5.41) is 10.2. The van der Waals surface area contributed by atoms with E-state index in [0.29, 0.717) is 17.9 Å². The lowest BCUT2D eigenvalue weighted by molar-refractivity contribution is -0.166. The Balaban J connectivity index is 1.53. The van der Waals surface area contributed by atoms with Gasteiger partial charge in [-0.15, -0.1) is 0 Å². The van der Waals surface area contributed by atoms with Crippen molar-refractivity contribution in [3.63, 3.8) is 0 Å². The highest BCUT2D eigenvalue weighted by Gasteiger charge is 2.76. The van der Waals surface area contributed by atoms with Gasteiger partial charge in [-0.3, -0.25) is 9.59 Å². The Morgan fingerprint density at radius 1 is 1.10 bits per heavy atom. The first-order valence-corrected chi connectivity index (χ1v) is 11.8. The highest BCUT2D eigenvalue weighted by molar-refractivity contribution is 8.78. The molecule has 5 aliphatic heterocycles. The second-order valence-electron chi connectivity index (χ2n) is 8.74. The second-order valence-corrected chi connectivity index (χ2v) is 11.5. The van der Waals surface area contributed by atoms with Crippen LogP contribution in [0, 0.1) is 16.7 Å². The minimum atomic E-state index is -1.03. The van der Waals surface area contributed by atoms with Gasteiger partial charge in [0.15, 0.2) is 21.2 Å². The molecule has 150 valence electrons. The van der Waals surface area contributed by atoms with E-state index in [9.17, 15) is 14.9 Å². The average Bonchev–Trinajstić information content (AvgIpc) is 3.34. The molecule has 7 rings (SSSR count). The van der Waals surface area contributed by atoms with E-state index >= 15 is 0 Å². The number of nitrogens with zero attached hydrogens (tertiary/aromatic N) is 3. The molecule has 5 fully saturated rings. The molecule has 1 saturated carbocycles. The molecule has 4 saturated heterocycles. The summed E-state index contributed by atoms with van der Waals surface area (Å²) in [7, 11) is 2.93. The van der Waals surface area contributed by atoms with Gasteiger partial charge in [0, 0.05) is 12.5 Å². The predicted molar refractivity (Wildman–Crippen MR) is 107 cm³/mol. The monoisotopic (exact) mass is 429 g/mol. The number of rotatable bonds is 2. The third kappa shape index (κ3) is 2.01. The molecular formula is C20H19N3O4S2. The molecule has 1 aromatic carbocycles. The molecule has 9 heteroatoms. The average molecular weight is 430 g/mol. The fraction of sp³-hybridized carbons (Fsp3) is 0.550. The zero-order chi connectivity index (χ0) is 20.2. The maximum Gasteiger partial charge on any atom is 0.261 e. The van der Waals surface area contributed by atoms with E-state index in [4.69, 9.17) is 9.47 Å². The second kappa shape index (κ2) is 5.35. The number of piperazine rings is 1. The van der Waals surface area contributed by atoms with Gasteiger partial charge >= 0.3 is 0 Å². The van der Waals surface area contributed by atoms with Crippen molar-refractivity contribution in [2.45, 2.75) is 54.9 Å². The fourth-order valence-electron chi connectivity index (χ4n) is 5.22. The van der Waals surface area contributed by atoms with E-state index in [1.807, 2.05) is 36.9 Å². The Morgan fingerprint density at radius 2 is 1.86 bits per heavy atom. The Bertz CT molecular complexity index is 1020. The van der Waals surface area contributed by atoms with E-state index in [-0.39, 0.29) is 24.6 Å². The molecule has 0 aromatic heterocycles. The van der Waals surface area contributed by atoms with E-state index in [1.54, 1.807) is 4.90 Å². The highest BCUT2D eigenvalue weighted by atomic mass is 33.1. The van der Waals surface area contributed by atoms with Crippen molar-refractivity contribution < 1.29 is 19.1 Å². The number of ether oxygens (including phenoxy) is 2. The molecule has 2 amide bonds. The van der Waals surface area contributed by atoms with Crippen LogP contribution in [0.25, 0.3) is 0 Å². The maximum absolute atomic E-state index is 13.8. The zero-order valence-electron chi connectivity index (χ0n) is 16.0. The number of benzene rings is 1. The van der Waals surface area contributed by atoms with Crippen LogP contribution in [0.3, 0.4) is 0 Å². The standard InChI is InChI=1S/C20H19N3O4S2/c1-18(9-21)8-20-17(25)22(12-4-5-12)19(2,28-29-20)16(24)23(20)15(18)11-3-6-13-14(7-11)27-10-26-13/h3,6-7,12,15H,4-5,8,10H2,1-2H3. The Morgan fingerprint density at radius 3 is 2.59 bits per heavy atom. The number of carbonyl (C=O) groups excluding carboxylic acids is 2. The molecule has 7 nitrogen and oxygen atoms in total. The van der Waals surface area contributed by atoms with Crippen LogP contribution < -0.4 is 9.47 Å². The van der Waals surface area contributed by atoms with E-state index in [2.05, 4.69) is 6.07 Å². The third-order valence-corrected chi connectivity index (χ3v) is 10.3. The molecule has 6 aliphatic rings. The summed E-state index contributed by atoms with van der Waals surface area (Å²) in [6.45, 7) is 3.87. The first-order valence-electron chi connectivity index (χ1n) is 9.69. The summed E-state index contributed by atoms with van der Waals surface area (Å²) >= 11 is 0. The van der Waals surface area contributed by atoms with Crippen LogP contribution in [0.5, 0.6) is 11.5 Å². The van der Waals surface area contributed by atoms with Crippen LogP contribution in [0.2, 0.25) is 0 Å². The van der Waals surface area contributed by atoms with Crippen molar-refractivity contribution in [2.75, 3.05) is 6.79 Å². The van der Waals surface area contributed by atoms with Crippen molar-refractivity contribution in [1.29, 1.82) is 5.26 Å². The number of carbonyl (C=O) groups is 2. The van der Waals surface area contributed by atoms with Gasteiger partial charge < -0.3 is 19.3 Å². The van der Waals surface area contributed by atoms with Crippen LogP contribution >= 0.6 is 21.6 Å². The lowest BCUT2D eigenvalue weighted by atomic mass is 9.79. The minimum absolute atomic E-state index is 0.0180. The van der Waals surface area contributed by atoms with Gasteiger partial charge in [-0.05, 0) is 44.4 Å². The minimum Gasteiger partial charge on any atom is -0.454 e. The molecule has 1 aliphatic carbocycles. The first kappa shape index (κ1) is 17.8. The lowest BCUT2D eigenvalue weighted by Crippen LogP contribution is -2.75. The molecule has 4 atom stereocenters. The van der Waals surface area contributed by atoms with Crippen molar-refractivity contribution in [3.05, 3.63) is 23.8 Å². The van der Waals surface area contributed by atoms with Crippen LogP contribution in [-0.4, -0.2) is 44.2 Å². The van der Waals surface area contributed by atoms with E-state index in [1.165, 1.54) is 21.6 Å². The summed E-state index contributed by atoms with van der Waals surface area (Å²) in [4.78, 5) is 29.1. The first-order chi connectivity index (χ1) is 13.8. The van der Waals surface area contributed by atoms with Gasteiger partial charge in [-0.1, -0.05) is 27.7 Å². The summed E-state index contributed by atoms with van der Waals surface area (Å²) in [6.07, 6.45) is 2.20. The van der Waals surface area contributed by atoms with Gasteiger partial charge in [-0.25, -0.2) is 0 Å². The topological polar surface area (TPSA) is 82.9 Å². The van der Waals surface area contributed by atoms with Crippen LogP contribution in [0.15, 0.2) is 18.2 Å². The molecular weight excluding hydrogens is 410 g/mol. The number of fused-ring (bicyclic) bond motifs is 3. The molecule has 0 radical (unpaired) electrons. The SMILES string of the molecule is CC1(C#N)CC23SSC(C)(C(=O)N2C1c1ccc2c(c1)OCO2)N(C1CC1)C3=O. The van der Waals surface area contributed by atoms with Crippen LogP contribution in [-0.2, 0) is 9.59 Å². The largest absolute Gasteiger partial charge is 0.454 e. The van der Waals surface area contributed by atoms with Gasteiger partial charge in [0.25, 0.3) is 11.8 Å². The van der Waals surface area contributed by atoms with E-state index in [0.717, 1.165) is 18.4 Å². The number of hydrogen-bond donors (Lipinski definition) is 0. The summed E-state index contributed by atoms with van der Waals surface area (Å²) in [6, 6.07) is 7.61. The molecule has 1 aromatic rings. The smallest absolute Gasteiger partial charge is 0.261 e. The zero-order valence-corrected chi connectivity index (χ0v) is 17.6. The van der Waals surface area contributed by atoms with Crippen molar-refractivity contribution in [2.24, 2.45) is 5.41 Å². The number of amides is 2. The van der Waals surface area contributed by atoms with Gasteiger partial charge in [-0.2, -0.15) is 5.26 Å². The quantitative estimate of drug-likeness (QED) is 0.668. The molecule has 1 spiro atoms. The van der Waals surface area contributed by atoms with Crippen LogP contribution in [0.1, 0.15) is 44.7 Å². The van der Waals surface area contributed by atoms with Gasteiger partial charge in [0.05, 0.1) is 17.5 Å². The predicted octanol–water partition coefficient (Wildman–Crippen LogP) is 3.03. The van der Waals surface area contributed by atoms with Gasteiger partial charge in [0.2, 0.25) is 6.79 Å². The number of nitriles is 1. The van der Waals surface area contributed by atoms with Crippen molar-refractivity contribution in [1.82, 2.24) is 9.80 Å². The van der Waals surface area contributed by atoms with Crippen molar-refractivity contribution in [3.8, 4) is 17.6 Å². The lowest BCUT2D eigenvalue weighted by Gasteiger charge is -2.58. The normalized spacial score (nSPS) is 39.7. The fourth-order valence-corrected chi connectivity index (χ4v) is 8.79.